The van der Waals surface area contributed by atoms with E-state index in [0.717, 1.165) is 0 Å². The molecule has 0 rings (SSSR count). The van der Waals surface area contributed by atoms with Crippen LogP contribution in [0.2, 0.25) is 0 Å². The molecule has 0 fully saturated rings. The molecule has 0 aromatic heterocycles. The van der Waals surface area contributed by atoms with Gasteiger partial charge in [-0.3, -0.25) is 9.59 Å². The van der Waals surface area contributed by atoms with Crippen LogP contribution in [-0.2, 0) is 14.3 Å². The Balaban J connectivity index is 4.33. The van der Waals surface area contributed by atoms with Gasteiger partial charge >= 0.3 is 18.0 Å². The molecule has 0 saturated heterocycles. The lowest BCUT2D eigenvalue weighted by atomic mass is 9.74. The molecular weight excluding hydrogens is 264 g/mol. The van der Waals surface area contributed by atoms with Crippen molar-refractivity contribution in [3.63, 3.8) is 0 Å². The van der Waals surface area contributed by atoms with Crippen molar-refractivity contribution in [1.29, 1.82) is 0 Å². The van der Waals surface area contributed by atoms with Crippen LogP contribution < -0.4 is 10.6 Å². The number of carbonyl (C=O) groups is 3. The summed E-state index contributed by atoms with van der Waals surface area (Å²) in [7, 11) is 0. The van der Waals surface area contributed by atoms with Crippen LogP contribution in [0.3, 0.4) is 0 Å². The number of amides is 2. The lowest BCUT2D eigenvalue weighted by molar-refractivity contribution is -0.150. The van der Waals surface area contributed by atoms with Gasteiger partial charge in [0.25, 0.3) is 0 Å². The van der Waals surface area contributed by atoms with Gasteiger partial charge in [0.2, 0.25) is 0 Å². The van der Waals surface area contributed by atoms with Crippen molar-refractivity contribution in [2.45, 2.75) is 46.6 Å². The smallest absolute Gasteiger partial charge is 0.315 e. The van der Waals surface area contributed by atoms with Crippen molar-refractivity contribution in [2.75, 3.05) is 13.2 Å². The molecule has 3 N–H and O–H groups in total. The first-order valence-electron chi connectivity index (χ1n) is 6.49. The van der Waals surface area contributed by atoms with Crippen LogP contribution in [0.15, 0.2) is 0 Å². The summed E-state index contributed by atoms with van der Waals surface area (Å²) >= 11 is 0. The first-order valence-corrected chi connectivity index (χ1v) is 6.49. The van der Waals surface area contributed by atoms with E-state index in [-0.39, 0.29) is 13.0 Å². The highest BCUT2D eigenvalue weighted by Crippen LogP contribution is 2.30. The summed E-state index contributed by atoms with van der Waals surface area (Å²) < 4.78 is 4.72. The number of ether oxygens (including phenoxy) is 1. The molecule has 2 amide bonds. The molecule has 0 aliphatic rings. The molecule has 0 saturated carbocycles. The molecule has 0 aliphatic carbocycles. The molecule has 0 heterocycles. The molecule has 20 heavy (non-hydrogen) atoms. The highest BCUT2D eigenvalue weighted by atomic mass is 16.5. The Morgan fingerprint density at radius 3 is 2.15 bits per heavy atom. The monoisotopic (exact) mass is 288 g/mol. The highest BCUT2D eigenvalue weighted by molar-refractivity contribution is 5.80. The maximum atomic E-state index is 11.7. The standard InChI is InChI=1S/C13H24N2O5/c1-6-20-9(16)7-8-14-11(19)15-13(4,5)12(2,3)10(17)18/h6-8H2,1-5H3,(H,17,18)(H2,14,15,19). The maximum Gasteiger partial charge on any atom is 0.315 e. The fourth-order valence-corrected chi connectivity index (χ4v) is 1.26. The third kappa shape index (κ3) is 5.07. The summed E-state index contributed by atoms with van der Waals surface area (Å²) in [5, 5.41) is 14.3. The lowest BCUT2D eigenvalue weighted by Crippen LogP contribution is -2.59. The molecule has 0 aromatic carbocycles. The molecule has 116 valence electrons. The van der Waals surface area contributed by atoms with E-state index in [0.29, 0.717) is 6.61 Å². The van der Waals surface area contributed by atoms with Gasteiger partial charge in [0, 0.05) is 6.54 Å². The molecule has 0 unspecified atom stereocenters. The van der Waals surface area contributed by atoms with Crippen LogP contribution in [-0.4, -0.2) is 41.8 Å². The van der Waals surface area contributed by atoms with Gasteiger partial charge in [-0.25, -0.2) is 4.79 Å². The van der Waals surface area contributed by atoms with E-state index in [1.54, 1.807) is 20.8 Å². The number of rotatable bonds is 7. The number of esters is 1. The fourth-order valence-electron chi connectivity index (χ4n) is 1.26. The Hall–Kier alpha value is -1.79. The topological polar surface area (TPSA) is 105 Å². The molecule has 0 spiro atoms. The summed E-state index contributed by atoms with van der Waals surface area (Å²) in [6.45, 7) is 8.47. The summed E-state index contributed by atoms with van der Waals surface area (Å²) in [5.74, 6) is -1.40. The zero-order valence-corrected chi connectivity index (χ0v) is 12.7. The van der Waals surface area contributed by atoms with Crippen molar-refractivity contribution in [3.05, 3.63) is 0 Å². The van der Waals surface area contributed by atoms with E-state index in [9.17, 15) is 14.4 Å². The minimum atomic E-state index is -1.13. The molecule has 0 aromatic rings. The molecule has 0 aliphatic heterocycles. The van der Waals surface area contributed by atoms with Crippen LogP contribution in [0.5, 0.6) is 0 Å². The number of carboxylic acids is 1. The molecule has 7 heteroatoms. The zero-order chi connectivity index (χ0) is 16.0. The number of hydrogen-bond acceptors (Lipinski definition) is 4. The van der Waals surface area contributed by atoms with Gasteiger partial charge in [-0.05, 0) is 34.6 Å². The molecule has 0 bridgehead atoms. The largest absolute Gasteiger partial charge is 0.481 e. The van der Waals surface area contributed by atoms with Gasteiger partial charge in [0.05, 0.1) is 24.0 Å². The van der Waals surface area contributed by atoms with Gasteiger partial charge in [-0.15, -0.1) is 0 Å². The Morgan fingerprint density at radius 1 is 1.15 bits per heavy atom. The van der Waals surface area contributed by atoms with Crippen LogP contribution in [0.4, 0.5) is 4.79 Å². The van der Waals surface area contributed by atoms with Gasteiger partial charge in [-0.1, -0.05) is 0 Å². The van der Waals surface area contributed by atoms with Crippen molar-refractivity contribution in [3.8, 4) is 0 Å². The van der Waals surface area contributed by atoms with Crippen molar-refractivity contribution >= 4 is 18.0 Å². The second-order valence-electron chi connectivity index (χ2n) is 5.49. The van der Waals surface area contributed by atoms with Crippen molar-refractivity contribution < 1.29 is 24.2 Å². The predicted molar refractivity (Wildman–Crippen MR) is 73.3 cm³/mol. The highest BCUT2D eigenvalue weighted by Gasteiger charge is 2.44. The van der Waals surface area contributed by atoms with Crippen molar-refractivity contribution in [2.24, 2.45) is 5.41 Å². The molecule has 0 atom stereocenters. The number of carboxylic acid groups (broad SMARTS) is 1. The van der Waals surface area contributed by atoms with Crippen LogP contribution >= 0.6 is 0 Å². The Kier molecular flexibility index (Phi) is 6.48. The fraction of sp³-hybridized carbons (Fsp3) is 0.769. The van der Waals surface area contributed by atoms with E-state index in [4.69, 9.17) is 9.84 Å². The van der Waals surface area contributed by atoms with E-state index in [1.165, 1.54) is 13.8 Å². The number of carbonyl (C=O) groups excluding carboxylic acids is 2. The zero-order valence-electron chi connectivity index (χ0n) is 12.7. The van der Waals surface area contributed by atoms with Gasteiger partial charge < -0.3 is 20.5 Å². The van der Waals surface area contributed by atoms with E-state index >= 15 is 0 Å². The number of aliphatic carboxylic acids is 1. The van der Waals surface area contributed by atoms with Gasteiger partial charge in [-0.2, -0.15) is 0 Å². The van der Waals surface area contributed by atoms with E-state index in [2.05, 4.69) is 10.6 Å². The molecular formula is C13H24N2O5. The molecule has 7 nitrogen and oxygen atoms in total. The Bertz CT molecular complexity index is 377. The second-order valence-corrected chi connectivity index (χ2v) is 5.49. The Morgan fingerprint density at radius 2 is 1.70 bits per heavy atom. The first-order chi connectivity index (χ1) is 9.04. The van der Waals surface area contributed by atoms with E-state index < -0.39 is 28.9 Å². The average Bonchev–Trinajstić information content (AvgIpc) is 2.27. The number of hydrogen-bond donors (Lipinski definition) is 3. The number of nitrogens with one attached hydrogen (secondary N) is 2. The maximum absolute atomic E-state index is 11.7. The summed E-state index contributed by atoms with van der Waals surface area (Å²) in [4.78, 5) is 34.0. The second kappa shape index (κ2) is 7.12. The van der Waals surface area contributed by atoms with Crippen LogP contribution in [0, 0.1) is 5.41 Å². The van der Waals surface area contributed by atoms with Gasteiger partial charge in [0.15, 0.2) is 0 Å². The SMILES string of the molecule is CCOC(=O)CCNC(=O)NC(C)(C)C(C)(C)C(=O)O. The summed E-state index contributed by atoms with van der Waals surface area (Å²) in [6, 6.07) is -0.520. The predicted octanol–water partition coefficient (Wildman–Crippen LogP) is 1.13. The number of urea groups is 1. The average molecular weight is 288 g/mol. The van der Waals surface area contributed by atoms with Crippen molar-refractivity contribution in [1.82, 2.24) is 10.6 Å². The van der Waals surface area contributed by atoms with Gasteiger partial charge in [0.1, 0.15) is 0 Å². The third-order valence-corrected chi connectivity index (χ3v) is 3.44. The minimum absolute atomic E-state index is 0.0734. The summed E-state index contributed by atoms with van der Waals surface area (Å²) in [6.07, 6.45) is 0.0734. The quantitative estimate of drug-likeness (QED) is 0.609. The van der Waals surface area contributed by atoms with Crippen LogP contribution in [0.25, 0.3) is 0 Å². The summed E-state index contributed by atoms with van der Waals surface area (Å²) in [5.41, 5.74) is -2.08. The lowest BCUT2D eigenvalue weighted by Gasteiger charge is -2.38. The normalized spacial score (nSPS) is 11.7. The first kappa shape index (κ1) is 18.2. The molecule has 0 radical (unpaired) electrons. The van der Waals surface area contributed by atoms with Crippen LogP contribution in [0.1, 0.15) is 41.0 Å². The third-order valence-electron chi connectivity index (χ3n) is 3.44. The minimum Gasteiger partial charge on any atom is -0.481 e. The Labute approximate surface area is 119 Å². The van der Waals surface area contributed by atoms with E-state index in [1.807, 2.05) is 0 Å².